The van der Waals surface area contributed by atoms with E-state index in [0.29, 0.717) is 17.3 Å². The molecule has 2 rings (SSSR count). The Labute approximate surface area is 92.9 Å². The Kier molecular flexibility index (Phi) is 2.62. The highest BCUT2D eigenvalue weighted by Crippen LogP contribution is 2.31. The van der Waals surface area contributed by atoms with Gasteiger partial charge in [0.25, 0.3) is 0 Å². The van der Waals surface area contributed by atoms with Gasteiger partial charge in [0, 0.05) is 0 Å². The van der Waals surface area contributed by atoms with Crippen LogP contribution in [0.4, 0.5) is 0 Å². The third kappa shape index (κ3) is 1.65. The van der Waals surface area contributed by atoms with Gasteiger partial charge in [-0.25, -0.2) is 0 Å². The molecule has 0 saturated heterocycles. The summed E-state index contributed by atoms with van der Waals surface area (Å²) in [6, 6.07) is 3.47. The molecule has 0 unspecified atom stereocenters. The maximum absolute atomic E-state index is 9.80. The second-order valence-corrected chi connectivity index (χ2v) is 3.62. The average molecular weight is 219 g/mol. The Bertz CT molecular complexity index is 520. The molecule has 5 heteroatoms. The van der Waals surface area contributed by atoms with Crippen LogP contribution in [0.5, 0.6) is 5.75 Å². The molecule has 3 N–H and O–H groups in total. The molecule has 0 aliphatic carbocycles. The molecule has 1 heterocycles. The van der Waals surface area contributed by atoms with Gasteiger partial charge in [0.2, 0.25) is 11.7 Å². The molecule has 0 spiro atoms. The van der Waals surface area contributed by atoms with Gasteiger partial charge in [0.1, 0.15) is 5.75 Å². The number of nitrogens with zero attached hydrogens (tertiary/aromatic N) is 2. The Balaban J connectivity index is 2.58. The number of nitrogens with two attached hydrogens (primary N) is 1. The number of phenolic OH excluding ortho intramolecular Hbond substituents is 1. The van der Waals surface area contributed by atoms with Crippen molar-refractivity contribution >= 4 is 0 Å². The minimum atomic E-state index is 0.146. The van der Waals surface area contributed by atoms with Crippen molar-refractivity contribution in [3.63, 3.8) is 0 Å². The lowest BCUT2D eigenvalue weighted by atomic mass is 10.0. The molecular formula is C11H13N3O2. The van der Waals surface area contributed by atoms with E-state index in [9.17, 15) is 5.11 Å². The van der Waals surface area contributed by atoms with Crippen LogP contribution < -0.4 is 5.73 Å². The van der Waals surface area contributed by atoms with Crippen LogP contribution >= 0.6 is 0 Å². The minimum Gasteiger partial charge on any atom is -0.507 e. The first-order chi connectivity index (χ1) is 7.63. The van der Waals surface area contributed by atoms with Crippen LogP contribution in [-0.2, 0) is 6.54 Å². The monoisotopic (exact) mass is 219 g/mol. The van der Waals surface area contributed by atoms with Crippen molar-refractivity contribution in [2.24, 2.45) is 5.73 Å². The highest BCUT2D eigenvalue weighted by Gasteiger charge is 2.15. The van der Waals surface area contributed by atoms with Crippen molar-refractivity contribution in [1.29, 1.82) is 0 Å². The summed E-state index contributed by atoms with van der Waals surface area (Å²) in [6.45, 7) is 4.06. The predicted molar refractivity (Wildman–Crippen MR) is 58.8 cm³/mol. The summed E-state index contributed by atoms with van der Waals surface area (Å²) in [5.74, 6) is 0.877. The lowest BCUT2D eigenvalue weighted by molar-refractivity contribution is 0.380. The van der Waals surface area contributed by atoms with E-state index in [1.165, 1.54) is 0 Å². The largest absolute Gasteiger partial charge is 0.507 e. The summed E-state index contributed by atoms with van der Waals surface area (Å²) in [5.41, 5.74) is 7.99. The van der Waals surface area contributed by atoms with Crippen molar-refractivity contribution in [2.75, 3.05) is 0 Å². The topological polar surface area (TPSA) is 85.2 Å². The number of aryl methyl sites for hydroxylation is 1. The zero-order valence-electron chi connectivity index (χ0n) is 9.19. The maximum atomic E-state index is 9.80. The summed E-state index contributed by atoms with van der Waals surface area (Å²) in [5, 5.41) is 13.6. The van der Waals surface area contributed by atoms with Crippen molar-refractivity contribution in [3.05, 3.63) is 29.2 Å². The Morgan fingerprint density at radius 1 is 1.38 bits per heavy atom. The Morgan fingerprint density at radius 3 is 2.75 bits per heavy atom. The summed E-state index contributed by atoms with van der Waals surface area (Å²) < 4.78 is 4.92. The predicted octanol–water partition coefficient (Wildman–Crippen LogP) is 1.52. The van der Waals surface area contributed by atoms with Crippen molar-refractivity contribution in [3.8, 4) is 17.1 Å². The number of aromatic nitrogens is 2. The van der Waals surface area contributed by atoms with Gasteiger partial charge in [0.05, 0.1) is 12.1 Å². The van der Waals surface area contributed by atoms with E-state index in [4.69, 9.17) is 10.3 Å². The van der Waals surface area contributed by atoms with Crippen LogP contribution in [0, 0.1) is 13.8 Å². The zero-order chi connectivity index (χ0) is 11.7. The van der Waals surface area contributed by atoms with Crippen LogP contribution in [0.3, 0.4) is 0 Å². The van der Waals surface area contributed by atoms with Gasteiger partial charge in [-0.3, -0.25) is 0 Å². The molecule has 16 heavy (non-hydrogen) atoms. The highest BCUT2D eigenvalue weighted by molar-refractivity contribution is 5.68. The fourth-order valence-corrected chi connectivity index (χ4v) is 1.52. The van der Waals surface area contributed by atoms with Gasteiger partial charge in [-0.1, -0.05) is 11.2 Å². The average Bonchev–Trinajstić information content (AvgIpc) is 2.73. The SMILES string of the molecule is Cc1ccc(O)c(-c2noc(CN)n2)c1C. The molecule has 0 aliphatic heterocycles. The molecule has 1 aromatic carbocycles. The first kappa shape index (κ1) is 10.6. The summed E-state index contributed by atoms with van der Waals surface area (Å²) in [7, 11) is 0. The summed E-state index contributed by atoms with van der Waals surface area (Å²) in [6.07, 6.45) is 0. The van der Waals surface area contributed by atoms with Crippen LogP contribution in [0.1, 0.15) is 17.0 Å². The van der Waals surface area contributed by atoms with E-state index in [2.05, 4.69) is 10.1 Å². The molecule has 0 atom stereocenters. The van der Waals surface area contributed by atoms with E-state index in [0.717, 1.165) is 11.1 Å². The van der Waals surface area contributed by atoms with E-state index in [1.807, 2.05) is 19.9 Å². The molecule has 0 fully saturated rings. The molecule has 84 valence electrons. The fourth-order valence-electron chi connectivity index (χ4n) is 1.52. The van der Waals surface area contributed by atoms with Gasteiger partial charge in [0.15, 0.2) is 0 Å². The lowest BCUT2D eigenvalue weighted by Gasteiger charge is -2.06. The molecule has 0 aliphatic rings. The van der Waals surface area contributed by atoms with E-state index < -0.39 is 0 Å². The van der Waals surface area contributed by atoms with Gasteiger partial charge in [-0.05, 0) is 31.0 Å². The second-order valence-electron chi connectivity index (χ2n) is 3.62. The first-order valence-corrected chi connectivity index (χ1v) is 4.95. The van der Waals surface area contributed by atoms with Crippen LogP contribution in [0.25, 0.3) is 11.4 Å². The number of hydrogen-bond donors (Lipinski definition) is 2. The zero-order valence-corrected chi connectivity index (χ0v) is 9.19. The van der Waals surface area contributed by atoms with Crippen LogP contribution in [-0.4, -0.2) is 15.2 Å². The number of benzene rings is 1. The molecule has 5 nitrogen and oxygen atoms in total. The standard InChI is InChI=1S/C11H13N3O2/c1-6-3-4-8(15)10(7(6)2)11-13-9(5-12)16-14-11/h3-4,15H,5,12H2,1-2H3. The van der Waals surface area contributed by atoms with E-state index in [1.54, 1.807) is 6.07 Å². The molecule has 1 aromatic heterocycles. The van der Waals surface area contributed by atoms with E-state index >= 15 is 0 Å². The minimum absolute atomic E-state index is 0.146. The van der Waals surface area contributed by atoms with Crippen molar-refractivity contribution in [2.45, 2.75) is 20.4 Å². The first-order valence-electron chi connectivity index (χ1n) is 4.95. The normalized spacial score (nSPS) is 10.7. The molecule has 0 bridgehead atoms. The third-order valence-corrected chi connectivity index (χ3v) is 2.58. The molecular weight excluding hydrogens is 206 g/mol. The Hall–Kier alpha value is -1.88. The quantitative estimate of drug-likeness (QED) is 0.799. The van der Waals surface area contributed by atoms with Gasteiger partial charge in [-0.15, -0.1) is 0 Å². The van der Waals surface area contributed by atoms with Crippen LogP contribution in [0.2, 0.25) is 0 Å². The van der Waals surface area contributed by atoms with Crippen molar-refractivity contribution < 1.29 is 9.63 Å². The Morgan fingerprint density at radius 2 is 2.12 bits per heavy atom. The number of rotatable bonds is 2. The van der Waals surface area contributed by atoms with Gasteiger partial charge in [-0.2, -0.15) is 4.98 Å². The highest BCUT2D eigenvalue weighted by atomic mass is 16.5. The number of phenols is 1. The van der Waals surface area contributed by atoms with E-state index in [-0.39, 0.29) is 12.3 Å². The fraction of sp³-hybridized carbons (Fsp3) is 0.273. The second kappa shape index (κ2) is 3.94. The summed E-state index contributed by atoms with van der Waals surface area (Å²) in [4.78, 5) is 4.10. The number of hydrogen-bond acceptors (Lipinski definition) is 5. The van der Waals surface area contributed by atoms with Crippen molar-refractivity contribution in [1.82, 2.24) is 10.1 Å². The lowest BCUT2D eigenvalue weighted by Crippen LogP contribution is -1.96. The van der Waals surface area contributed by atoms with Gasteiger partial charge < -0.3 is 15.4 Å². The molecule has 0 saturated carbocycles. The van der Waals surface area contributed by atoms with Gasteiger partial charge >= 0.3 is 0 Å². The smallest absolute Gasteiger partial charge is 0.240 e. The molecule has 0 radical (unpaired) electrons. The summed E-state index contributed by atoms with van der Waals surface area (Å²) >= 11 is 0. The van der Waals surface area contributed by atoms with Crippen LogP contribution in [0.15, 0.2) is 16.7 Å². The third-order valence-electron chi connectivity index (χ3n) is 2.58. The number of aromatic hydroxyl groups is 1. The molecule has 0 amide bonds. The maximum Gasteiger partial charge on any atom is 0.240 e. The molecule has 2 aromatic rings.